The number of carbonyl (C=O) groups is 1. The molecule has 25 heavy (non-hydrogen) atoms. The molecule has 0 bridgehead atoms. The molecule has 0 fully saturated rings. The molecule has 0 heterocycles. The van der Waals surface area contributed by atoms with Gasteiger partial charge in [0.1, 0.15) is 5.75 Å². The molecule has 2 rings (SSSR count). The van der Waals surface area contributed by atoms with Crippen LogP contribution >= 0.6 is 15.9 Å². The average molecular weight is 407 g/mol. The van der Waals surface area contributed by atoms with Gasteiger partial charge in [0.25, 0.3) is 5.91 Å². The van der Waals surface area contributed by atoms with E-state index in [1.807, 2.05) is 31.2 Å². The number of benzene rings is 2. The number of hydrogen-bond acceptors (Lipinski definition) is 5. The van der Waals surface area contributed by atoms with Crippen LogP contribution in [0.1, 0.15) is 22.8 Å². The van der Waals surface area contributed by atoms with E-state index in [0.29, 0.717) is 28.1 Å². The van der Waals surface area contributed by atoms with Gasteiger partial charge in [-0.2, -0.15) is 5.10 Å². The molecule has 0 aliphatic carbocycles. The first kappa shape index (κ1) is 18.8. The second-order valence-electron chi connectivity index (χ2n) is 4.89. The summed E-state index contributed by atoms with van der Waals surface area (Å²) >= 11 is 3.39. The van der Waals surface area contributed by atoms with Crippen LogP contribution in [0.4, 0.5) is 0 Å². The van der Waals surface area contributed by atoms with E-state index in [0.717, 1.165) is 11.3 Å². The number of methoxy groups -OCH3 is 2. The van der Waals surface area contributed by atoms with E-state index in [2.05, 4.69) is 26.5 Å². The molecule has 0 aliphatic rings. The predicted molar refractivity (Wildman–Crippen MR) is 99.9 cm³/mol. The highest BCUT2D eigenvalue weighted by Crippen LogP contribution is 2.36. The summed E-state index contributed by atoms with van der Waals surface area (Å²) in [6.07, 6.45) is 1.55. The second-order valence-corrected chi connectivity index (χ2v) is 5.75. The summed E-state index contributed by atoms with van der Waals surface area (Å²) in [6.45, 7) is 2.37. The van der Waals surface area contributed by atoms with E-state index in [-0.39, 0.29) is 5.91 Å². The normalized spacial score (nSPS) is 10.6. The van der Waals surface area contributed by atoms with Crippen molar-refractivity contribution in [1.82, 2.24) is 5.43 Å². The predicted octanol–water partition coefficient (Wildman–Crippen LogP) is 3.63. The van der Waals surface area contributed by atoms with Crippen molar-refractivity contribution >= 4 is 28.1 Å². The summed E-state index contributed by atoms with van der Waals surface area (Å²) in [6, 6.07) is 10.6. The Morgan fingerprint density at radius 2 is 1.92 bits per heavy atom. The molecular weight excluding hydrogens is 388 g/mol. The van der Waals surface area contributed by atoms with Crippen molar-refractivity contribution in [3.8, 4) is 17.2 Å². The van der Waals surface area contributed by atoms with E-state index in [1.165, 1.54) is 7.11 Å². The van der Waals surface area contributed by atoms with Crippen LogP contribution < -0.4 is 19.6 Å². The Morgan fingerprint density at radius 1 is 1.20 bits per heavy atom. The van der Waals surface area contributed by atoms with Gasteiger partial charge in [0.15, 0.2) is 11.5 Å². The van der Waals surface area contributed by atoms with Crippen LogP contribution in [0.3, 0.4) is 0 Å². The molecule has 0 atom stereocenters. The Bertz CT molecular complexity index is 760. The number of nitrogens with one attached hydrogen (secondary N) is 1. The number of amides is 1. The second kappa shape index (κ2) is 9.08. The highest BCUT2D eigenvalue weighted by atomic mass is 79.9. The Morgan fingerprint density at radius 3 is 2.52 bits per heavy atom. The van der Waals surface area contributed by atoms with Crippen molar-refractivity contribution < 1.29 is 19.0 Å². The molecule has 6 nitrogen and oxygen atoms in total. The molecule has 0 unspecified atom stereocenters. The van der Waals surface area contributed by atoms with Crippen LogP contribution in [0.2, 0.25) is 0 Å². The molecule has 0 spiro atoms. The van der Waals surface area contributed by atoms with E-state index in [1.54, 1.807) is 25.5 Å². The lowest BCUT2D eigenvalue weighted by Gasteiger charge is -2.12. The van der Waals surface area contributed by atoms with Crippen molar-refractivity contribution in [2.75, 3.05) is 20.8 Å². The Labute approximate surface area is 154 Å². The number of hydrazone groups is 1. The van der Waals surface area contributed by atoms with Crippen LogP contribution in [-0.2, 0) is 0 Å². The van der Waals surface area contributed by atoms with Gasteiger partial charge in [-0.25, -0.2) is 5.43 Å². The lowest BCUT2D eigenvalue weighted by molar-refractivity contribution is 0.0954. The fourth-order valence-corrected chi connectivity index (χ4v) is 2.61. The number of rotatable bonds is 7. The van der Waals surface area contributed by atoms with Crippen LogP contribution in [-0.4, -0.2) is 32.9 Å². The van der Waals surface area contributed by atoms with Gasteiger partial charge in [0, 0.05) is 5.56 Å². The van der Waals surface area contributed by atoms with Gasteiger partial charge in [0.05, 0.1) is 31.5 Å². The molecule has 132 valence electrons. The number of nitrogens with zero attached hydrogens (tertiary/aromatic N) is 1. The fraction of sp³-hybridized carbons (Fsp3) is 0.222. The third-order valence-electron chi connectivity index (χ3n) is 3.28. The maximum absolute atomic E-state index is 12.3. The first-order chi connectivity index (χ1) is 12.1. The first-order valence-electron chi connectivity index (χ1n) is 7.56. The van der Waals surface area contributed by atoms with Crippen molar-refractivity contribution in [3.05, 3.63) is 52.0 Å². The Balaban J connectivity index is 2.09. The largest absolute Gasteiger partial charge is 0.497 e. The van der Waals surface area contributed by atoms with E-state index in [4.69, 9.17) is 14.2 Å². The van der Waals surface area contributed by atoms with Crippen molar-refractivity contribution in [3.63, 3.8) is 0 Å². The molecule has 0 aromatic heterocycles. The lowest BCUT2D eigenvalue weighted by Crippen LogP contribution is -2.18. The number of ether oxygens (including phenoxy) is 3. The topological polar surface area (TPSA) is 69.2 Å². The monoisotopic (exact) mass is 406 g/mol. The summed E-state index contributed by atoms with van der Waals surface area (Å²) < 4.78 is 16.5. The van der Waals surface area contributed by atoms with Gasteiger partial charge >= 0.3 is 0 Å². The summed E-state index contributed by atoms with van der Waals surface area (Å²) in [5.74, 6) is 1.43. The number of halogens is 1. The highest BCUT2D eigenvalue weighted by molar-refractivity contribution is 9.10. The average Bonchev–Trinajstić information content (AvgIpc) is 2.63. The molecule has 2 aromatic carbocycles. The van der Waals surface area contributed by atoms with E-state index in [9.17, 15) is 4.79 Å². The van der Waals surface area contributed by atoms with Crippen LogP contribution in [0.15, 0.2) is 46.0 Å². The fourth-order valence-electron chi connectivity index (χ4n) is 2.06. The zero-order chi connectivity index (χ0) is 18.2. The quantitative estimate of drug-likeness (QED) is 0.562. The molecule has 2 aromatic rings. The smallest absolute Gasteiger partial charge is 0.271 e. The van der Waals surface area contributed by atoms with Gasteiger partial charge in [-0.05, 0) is 64.8 Å². The van der Waals surface area contributed by atoms with Crippen molar-refractivity contribution in [2.24, 2.45) is 5.10 Å². The molecule has 7 heteroatoms. The molecular formula is C18H19BrN2O4. The van der Waals surface area contributed by atoms with E-state index < -0.39 is 0 Å². The molecule has 0 saturated heterocycles. The Hall–Kier alpha value is -2.54. The molecule has 0 radical (unpaired) electrons. The van der Waals surface area contributed by atoms with Crippen molar-refractivity contribution in [1.29, 1.82) is 0 Å². The minimum Gasteiger partial charge on any atom is -0.497 e. The minimum absolute atomic E-state index is 0.355. The zero-order valence-corrected chi connectivity index (χ0v) is 15.8. The molecule has 1 amide bonds. The first-order valence-corrected chi connectivity index (χ1v) is 8.36. The maximum Gasteiger partial charge on any atom is 0.271 e. The van der Waals surface area contributed by atoms with Crippen LogP contribution in [0.5, 0.6) is 17.2 Å². The highest BCUT2D eigenvalue weighted by Gasteiger charge is 2.15. The SMILES string of the molecule is CCOc1c(Br)cc(C(=O)N/N=C\c2ccc(OC)cc2)cc1OC. The summed E-state index contributed by atoms with van der Waals surface area (Å²) in [5, 5.41) is 3.96. The lowest BCUT2D eigenvalue weighted by atomic mass is 10.2. The Kier molecular flexibility index (Phi) is 6.82. The van der Waals surface area contributed by atoms with E-state index >= 15 is 0 Å². The third kappa shape index (κ3) is 4.96. The maximum atomic E-state index is 12.3. The molecule has 0 saturated carbocycles. The number of carbonyl (C=O) groups excluding carboxylic acids is 1. The van der Waals surface area contributed by atoms with Crippen molar-refractivity contribution in [2.45, 2.75) is 6.92 Å². The van der Waals surface area contributed by atoms with Crippen LogP contribution in [0, 0.1) is 0 Å². The van der Waals surface area contributed by atoms with Gasteiger partial charge in [0.2, 0.25) is 0 Å². The van der Waals surface area contributed by atoms with Crippen LogP contribution in [0.25, 0.3) is 0 Å². The van der Waals surface area contributed by atoms with Gasteiger partial charge in [-0.3, -0.25) is 4.79 Å². The standard InChI is InChI=1S/C18H19BrN2O4/c1-4-25-17-15(19)9-13(10-16(17)24-3)18(22)21-20-11-12-5-7-14(23-2)8-6-12/h5-11H,4H2,1-3H3,(H,21,22)/b20-11-. The third-order valence-corrected chi connectivity index (χ3v) is 3.86. The minimum atomic E-state index is -0.355. The van der Waals surface area contributed by atoms with Gasteiger partial charge in [-0.1, -0.05) is 0 Å². The number of hydrogen-bond donors (Lipinski definition) is 1. The van der Waals surface area contributed by atoms with Gasteiger partial charge in [-0.15, -0.1) is 0 Å². The summed E-state index contributed by atoms with van der Waals surface area (Å²) in [7, 11) is 3.13. The van der Waals surface area contributed by atoms with Gasteiger partial charge < -0.3 is 14.2 Å². The zero-order valence-electron chi connectivity index (χ0n) is 14.2. The summed E-state index contributed by atoms with van der Waals surface area (Å²) in [5.41, 5.74) is 3.73. The molecule has 1 N–H and O–H groups in total. The summed E-state index contributed by atoms with van der Waals surface area (Å²) in [4.78, 5) is 12.3. The molecule has 0 aliphatic heterocycles.